The standard InChI is InChI=1S/C19H15ClIN3O3S/c1-28(26,27)18-16-9-10-23(14-7-5-13(21)6-8-14)19(25)17(16)24(22-18)15-4-2-3-12(20)11-15/h2-8,11H,9-10H2,1H3. The molecule has 2 heterocycles. The van der Waals surface area contributed by atoms with Crippen LogP contribution >= 0.6 is 34.2 Å². The molecule has 6 nitrogen and oxygen atoms in total. The maximum absolute atomic E-state index is 13.4. The fraction of sp³-hybridized carbons (Fsp3) is 0.158. The molecule has 28 heavy (non-hydrogen) atoms. The zero-order valence-corrected chi connectivity index (χ0v) is 18.5. The minimum atomic E-state index is -3.59. The summed E-state index contributed by atoms with van der Waals surface area (Å²) in [5, 5.41) is 4.70. The number of fused-ring (bicyclic) bond motifs is 1. The van der Waals surface area contributed by atoms with Crippen LogP contribution in [0.15, 0.2) is 53.6 Å². The first-order valence-electron chi connectivity index (χ1n) is 8.41. The van der Waals surface area contributed by atoms with Crippen LogP contribution in [0.2, 0.25) is 5.02 Å². The summed E-state index contributed by atoms with van der Waals surface area (Å²) >= 11 is 8.30. The van der Waals surface area contributed by atoms with Gasteiger partial charge in [0.15, 0.2) is 14.9 Å². The van der Waals surface area contributed by atoms with Crippen LogP contribution in [0, 0.1) is 3.57 Å². The van der Waals surface area contributed by atoms with Gasteiger partial charge in [0.25, 0.3) is 5.91 Å². The van der Waals surface area contributed by atoms with Gasteiger partial charge in [-0.1, -0.05) is 17.7 Å². The monoisotopic (exact) mass is 527 g/mol. The third-order valence-electron chi connectivity index (χ3n) is 4.52. The summed E-state index contributed by atoms with van der Waals surface area (Å²) in [5.41, 5.74) is 2.01. The second kappa shape index (κ2) is 7.16. The van der Waals surface area contributed by atoms with Gasteiger partial charge in [-0.25, -0.2) is 13.1 Å². The maximum atomic E-state index is 13.4. The van der Waals surface area contributed by atoms with Crippen molar-refractivity contribution >= 4 is 55.6 Å². The molecule has 3 aromatic rings. The summed E-state index contributed by atoms with van der Waals surface area (Å²) in [7, 11) is -3.59. The Labute approximate surface area is 181 Å². The molecule has 0 radical (unpaired) electrons. The van der Waals surface area contributed by atoms with E-state index in [2.05, 4.69) is 27.7 Å². The van der Waals surface area contributed by atoms with Gasteiger partial charge in [0.2, 0.25) is 0 Å². The minimum absolute atomic E-state index is 0.0573. The number of carbonyl (C=O) groups is 1. The molecule has 1 aliphatic heterocycles. The number of halogens is 2. The van der Waals surface area contributed by atoms with Crippen molar-refractivity contribution < 1.29 is 13.2 Å². The van der Waals surface area contributed by atoms with Crippen LogP contribution in [-0.4, -0.2) is 36.9 Å². The molecule has 0 aliphatic carbocycles. The molecule has 0 N–H and O–H groups in total. The van der Waals surface area contributed by atoms with Crippen molar-refractivity contribution in [3.63, 3.8) is 0 Å². The van der Waals surface area contributed by atoms with Crippen LogP contribution in [0.5, 0.6) is 0 Å². The molecular formula is C19H15ClIN3O3S. The SMILES string of the molecule is CS(=O)(=O)c1nn(-c2cccc(Cl)c2)c2c1CCN(c1ccc(I)cc1)C2=O. The van der Waals surface area contributed by atoms with Crippen LogP contribution in [0.3, 0.4) is 0 Å². The van der Waals surface area contributed by atoms with Gasteiger partial charge < -0.3 is 4.90 Å². The van der Waals surface area contributed by atoms with Crippen LogP contribution in [0.4, 0.5) is 5.69 Å². The zero-order chi connectivity index (χ0) is 20.1. The first kappa shape index (κ1) is 19.4. The molecule has 4 rings (SSSR count). The van der Waals surface area contributed by atoms with Crippen LogP contribution in [0.1, 0.15) is 16.1 Å². The molecule has 0 saturated carbocycles. The summed E-state index contributed by atoms with van der Waals surface area (Å²) in [6, 6.07) is 14.4. The molecule has 0 atom stereocenters. The second-order valence-electron chi connectivity index (χ2n) is 6.48. The fourth-order valence-corrected chi connectivity index (χ4v) is 4.71. The fourth-order valence-electron chi connectivity index (χ4n) is 3.29. The van der Waals surface area contributed by atoms with E-state index in [1.54, 1.807) is 29.2 Å². The van der Waals surface area contributed by atoms with Gasteiger partial charge in [-0.3, -0.25) is 4.79 Å². The van der Waals surface area contributed by atoms with E-state index < -0.39 is 9.84 Å². The lowest BCUT2D eigenvalue weighted by atomic mass is 10.1. The van der Waals surface area contributed by atoms with E-state index in [4.69, 9.17) is 11.6 Å². The number of carbonyl (C=O) groups excluding carboxylic acids is 1. The third kappa shape index (κ3) is 3.44. The Morgan fingerprint density at radius 3 is 2.46 bits per heavy atom. The van der Waals surface area contributed by atoms with Gasteiger partial charge in [-0.05, 0) is 71.5 Å². The Morgan fingerprint density at radius 1 is 1.11 bits per heavy atom. The van der Waals surface area contributed by atoms with Crippen molar-refractivity contribution in [2.24, 2.45) is 0 Å². The number of benzene rings is 2. The highest BCUT2D eigenvalue weighted by molar-refractivity contribution is 14.1. The summed E-state index contributed by atoms with van der Waals surface area (Å²) in [6.45, 7) is 0.385. The van der Waals surface area contributed by atoms with Crippen molar-refractivity contribution in [3.8, 4) is 5.69 Å². The molecule has 0 saturated heterocycles. The van der Waals surface area contributed by atoms with Gasteiger partial charge in [0, 0.05) is 32.6 Å². The lowest BCUT2D eigenvalue weighted by molar-refractivity contribution is 0.0973. The summed E-state index contributed by atoms with van der Waals surface area (Å²) in [6.07, 6.45) is 1.50. The number of hydrogen-bond donors (Lipinski definition) is 0. The van der Waals surface area contributed by atoms with E-state index in [9.17, 15) is 13.2 Å². The van der Waals surface area contributed by atoms with E-state index in [0.717, 1.165) is 15.5 Å². The minimum Gasteiger partial charge on any atom is -0.307 e. The average molecular weight is 528 g/mol. The van der Waals surface area contributed by atoms with E-state index in [0.29, 0.717) is 29.2 Å². The van der Waals surface area contributed by atoms with Crippen molar-refractivity contribution in [1.29, 1.82) is 0 Å². The number of anilines is 1. The van der Waals surface area contributed by atoms with Crippen molar-refractivity contribution in [3.05, 3.63) is 68.4 Å². The summed E-state index contributed by atoms with van der Waals surface area (Å²) in [4.78, 5) is 15.0. The highest BCUT2D eigenvalue weighted by atomic mass is 127. The number of rotatable bonds is 3. The number of aromatic nitrogens is 2. The largest absolute Gasteiger partial charge is 0.307 e. The summed E-state index contributed by atoms with van der Waals surface area (Å²) < 4.78 is 27.0. The maximum Gasteiger partial charge on any atom is 0.277 e. The Balaban J connectivity index is 1.90. The molecule has 1 aliphatic rings. The number of hydrogen-bond acceptors (Lipinski definition) is 4. The van der Waals surface area contributed by atoms with Gasteiger partial charge in [0.1, 0.15) is 5.69 Å². The molecule has 144 valence electrons. The van der Waals surface area contributed by atoms with Gasteiger partial charge in [0.05, 0.1) is 5.69 Å². The van der Waals surface area contributed by atoms with E-state index in [-0.39, 0.29) is 16.6 Å². The second-order valence-corrected chi connectivity index (χ2v) is 10.1. The molecular weight excluding hydrogens is 513 g/mol. The van der Waals surface area contributed by atoms with Crippen LogP contribution in [-0.2, 0) is 16.3 Å². The topological polar surface area (TPSA) is 72.3 Å². The molecule has 0 spiro atoms. The third-order valence-corrected chi connectivity index (χ3v) is 6.51. The first-order chi connectivity index (χ1) is 13.3. The van der Waals surface area contributed by atoms with Gasteiger partial charge in [-0.2, -0.15) is 5.10 Å². The van der Waals surface area contributed by atoms with Crippen molar-refractivity contribution in [2.45, 2.75) is 11.4 Å². The first-order valence-corrected chi connectivity index (χ1v) is 11.8. The predicted octanol–water partition coefficient (Wildman–Crippen LogP) is 3.74. The van der Waals surface area contributed by atoms with Gasteiger partial charge >= 0.3 is 0 Å². The lowest BCUT2D eigenvalue weighted by Crippen LogP contribution is -2.38. The Morgan fingerprint density at radius 2 is 1.82 bits per heavy atom. The molecule has 0 bridgehead atoms. The molecule has 1 aromatic heterocycles. The number of nitrogens with zero attached hydrogens (tertiary/aromatic N) is 3. The average Bonchev–Trinajstić information content (AvgIpc) is 3.04. The Hall–Kier alpha value is -1.91. The van der Waals surface area contributed by atoms with E-state index in [1.165, 1.54) is 4.68 Å². The van der Waals surface area contributed by atoms with Gasteiger partial charge in [-0.15, -0.1) is 0 Å². The smallest absolute Gasteiger partial charge is 0.277 e. The van der Waals surface area contributed by atoms with Crippen LogP contribution < -0.4 is 4.90 Å². The van der Waals surface area contributed by atoms with Crippen molar-refractivity contribution in [2.75, 3.05) is 17.7 Å². The molecule has 1 amide bonds. The van der Waals surface area contributed by atoms with E-state index in [1.807, 2.05) is 24.3 Å². The number of amides is 1. The van der Waals surface area contributed by atoms with E-state index >= 15 is 0 Å². The van der Waals surface area contributed by atoms with Crippen LogP contribution in [0.25, 0.3) is 5.69 Å². The lowest BCUT2D eigenvalue weighted by Gasteiger charge is -2.27. The normalized spacial score (nSPS) is 14.2. The Kier molecular flexibility index (Phi) is 4.96. The Bertz CT molecular complexity index is 1190. The number of sulfone groups is 1. The highest BCUT2D eigenvalue weighted by Crippen LogP contribution is 2.31. The quantitative estimate of drug-likeness (QED) is 0.487. The zero-order valence-electron chi connectivity index (χ0n) is 14.8. The molecule has 0 unspecified atom stereocenters. The molecule has 9 heteroatoms. The predicted molar refractivity (Wildman–Crippen MR) is 116 cm³/mol. The summed E-state index contributed by atoms with van der Waals surface area (Å²) in [5.74, 6) is -0.287. The highest BCUT2D eigenvalue weighted by Gasteiger charge is 2.35. The molecule has 0 fully saturated rings. The molecule has 2 aromatic carbocycles. The van der Waals surface area contributed by atoms with Crippen molar-refractivity contribution in [1.82, 2.24) is 9.78 Å².